The lowest BCUT2D eigenvalue weighted by atomic mass is 10.2. The third-order valence-electron chi connectivity index (χ3n) is 4.19. The van der Waals surface area contributed by atoms with Crippen molar-refractivity contribution in [3.63, 3.8) is 0 Å². The molecule has 1 aliphatic heterocycles. The van der Waals surface area contributed by atoms with E-state index in [0.717, 1.165) is 57.2 Å². The number of nitrogens with one attached hydrogen (secondary N) is 1. The Kier molecular flexibility index (Phi) is 6.40. The zero-order valence-electron chi connectivity index (χ0n) is 13.3. The molecule has 0 aromatic rings. The summed E-state index contributed by atoms with van der Waals surface area (Å²) in [4.78, 5) is 26.8. The summed E-state index contributed by atoms with van der Waals surface area (Å²) >= 11 is 1.77. The Bertz CT molecular complexity index is 371. The maximum Gasteiger partial charge on any atom is 0.243 e. The van der Waals surface area contributed by atoms with Crippen molar-refractivity contribution in [2.75, 3.05) is 12.3 Å². The van der Waals surface area contributed by atoms with Crippen molar-refractivity contribution in [3.8, 4) is 0 Å². The number of unbranched alkanes of at least 4 members (excludes halogenated alkanes) is 2. The molecule has 5 heteroatoms. The predicted octanol–water partition coefficient (Wildman–Crippen LogP) is 2.77. The van der Waals surface area contributed by atoms with E-state index >= 15 is 0 Å². The third-order valence-corrected chi connectivity index (χ3v) is 5.55. The van der Waals surface area contributed by atoms with Crippen molar-refractivity contribution in [1.82, 2.24) is 10.2 Å². The van der Waals surface area contributed by atoms with Gasteiger partial charge in [-0.05, 0) is 25.7 Å². The second-order valence-corrected chi connectivity index (χ2v) is 7.32. The van der Waals surface area contributed by atoms with Crippen LogP contribution in [0.25, 0.3) is 0 Å². The molecule has 2 fully saturated rings. The van der Waals surface area contributed by atoms with Crippen LogP contribution in [0, 0.1) is 5.92 Å². The van der Waals surface area contributed by atoms with Gasteiger partial charge in [-0.15, -0.1) is 11.8 Å². The molecule has 2 atom stereocenters. The van der Waals surface area contributed by atoms with E-state index < -0.39 is 0 Å². The van der Waals surface area contributed by atoms with Gasteiger partial charge in [0, 0.05) is 18.2 Å². The van der Waals surface area contributed by atoms with Gasteiger partial charge in [0.1, 0.15) is 6.04 Å². The molecule has 2 amide bonds. The smallest absolute Gasteiger partial charge is 0.243 e. The summed E-state index contributed by atoms with van der Waals surface area (Å²) in [6, 6.07) is -0.249. The topological polar surface area (TPSA) is 49.4 Å². The Labute approximate surface area is 132 Å². The van der Waals surface area contributed by atoms with E-state index in [4.69, 9.17) is 0 Å². The molecule has 1 aliphatic carbocycles. The zero-order valence-corrected chi connectivity index (χ0v) is 14.1. The maximum absolute atomic E-state index is 12.5. The summed E-state index contributed by atoms with van der Waals surface area (Å²) in [5.41, 5.74) is 0. The largest absolute Gasteiger partial charge is 0.354 e. The van der Waals surface area contributed by atoms with Crippen molar-refractivity contribution in [2.45, 2.75) is 70.2 Å². The lowest BCUT2D eigenvalue weighted by molar-refractivity contribution is -0.140. The van der Waals surface area contributed by atoms with Crippen LogP contribution in [0.1, 0.15) is 58.8 Å². The number of carbonyl (C=O) groups is 2. The summed E-state index contributed by atoms with van der Waals surface area (Å²) in [5.74, 6) is 1.21. The fourth-order valence-corrected chi connectivity index (χ4v) is 4.31. The van der Waals surface area contributed by atoms with Crippen LogP contribution in [-0.4, -0.2) is 40.4 Å². The van der Waals surface area contributed by atoms with Gasteiger partial charge in [-0.2, -0.15) is 0 Å². The molecule has 0 radical (unpaired) electrons. The van der Waals surface area contributed by atoms with Gasteiger partial charge in [0.2, 0.25) is 11.8 Å². The zero-order chi connectivity index (χ0) is 15.2. The number of hydrogen-bond acceptors (Lipinski definition) is 3. The highest BCUT2D eigenvalue weighted by molar-refractivity contribution is 8.00. The number of hydrogen-bond donors (Lipinski definition) is 1. The van der Waals surface area contributed by atoms with E-state index in [1.807, 2.05) is 4.90 Å². The number of nitrogens with zero attached hydrogens (tertiary/aromatic N) is 1. The second-order valence-electron chi connectivity index (χ2n) is 6.11. The van der Waals surface area contributed by atoms with Gasteiger partial charge < -0.3 is 10.2 Å². The molecule has 0 aromatic heterocycles. The molecular formula is C16H28N2O2S. The minimum Gasteiger partial charge on any atom is -0.354 e. The Balaban J connectivity index is 1.92. The first-order valence-electron chi connectivity index (χ1n) is 8.40. The molecule has 21 heavy (non-hydrogen) atoms. The van der Waals surface area contributed by atoms with Crippen LogP contribution in [0.15, 0.2) is 0 Å². The van der Waals surface area contributed by atoms with Crippen LogP contribution in [0.3, 0.4) is 0 Å². The van der Waals surface area contributed by atoms with Crippen molar-refractivity contribution in [1.29, 1.82) is 0 Å². The maximum atomic E-state index is 12.5. The number of carbonyl (C=O) groups excluding carboxylic acids is 2. The fourth-order valence-electron chi connectivity index (χ4n) is 2.78. The van der Waals surface area contributed by atoms with Crippen LogP contribution < -0.4 is 5.32 Å². The fraction of sp³-hybridized carbons (Fsp3) is 0.875. The van der Waals surface area contributed by atoms with Gasteiger partial charge in [0.25, 0.3) is 0 Å². The average Bonchev–Trinajstić information content (AvgIpc) is 3.24. The monoisotopic (exact) mass is 312 g/mol. The predicted molar refractivity (Wildman–Crippen MR) is 87.0 cm³/mol. The van der Waals surface area contributed by atoms with Gasteiger partial charge in [-0.3, -0.25) is 9.59 Å². The molecular weight excluding hydrogens is 284 g/mol. The van der Waals surface area contributed by atoms with Crippen LogP contribution in [0.5, 0.6) is 0 Å². The lowest BCUT2D eigenvalue weighted by Crippen LogP contribution is -2.50. The highest BCUT2D eigenvalue weighted by Crippen LogP contribution is 2.39. The van der Waals surface area contributed by atoms with Crippen molar-refractivity contribution >= 4 is 23.6 Å². The molecule has 0 bridgehead atoms. The van der Waals surface area contributed by atoms with Crippen molar-refractivity contribution in [3.05, 3.63) is 0 Å². The normalized spacial score (nSPS) is 25.1. The first-order chi connectivity index (χ1) is 10.2. The van der Waals surface area contributed by atoms with Crippen molar-refractivity contribution in [2.24, 2.45) is 5.92 Å². The minimum atomic E-state index is -0.249. The van der Waals surface area contributed by atoms with E-state index in [1.54, 1.807) is 11.8 Å². The molecule has 1 N–H and O–H groups in total. The summed E-state index contributed by atoms with van der Waals surface area (Å²) in [6.07, 6.45) is 7.37. The van der Waals surface area contributed by atoms with Crippen LogP contribution >= 0.6 is 11.8 Å². The Morgan fingerprint density at radius 2 is 1.95 bits per heavy atom. The molecule has 120 valence electrons. The van der Waals surface area contributed by atoms with E-state index in [2.05, 4.69) is 19.2 Å². The average molecular weight is 312 g/mol. The van der Waals surface area contributed by atoms with Gasteiger partial charge >= 0.3 is 0 Å². The van der Waals surface area contributed by atoms with E-state index in [0.29, 0.717) is 0 Å². The molecule has 0 aromatic carbocycles. The first-order valence-corrected chi connectivity index (χ1v) is 9.45. The van der Waals surface area contributed by atoms with Crippen LogP contribution in [0.2, 0.25) is 0 Å². The van der Waals surface area contributed by atoms with Gasteiger partial charge in [0.15, 0.2) is 0 Å². The summed E-state index contributed by atoms with van der Waals surface area (Å²) < 4.78 is 0. The SMILES string of the molecule is CCCCCNC(=O)[C@H]1CS[C@H](CCC)N1C(=O)C1CC1. The molecule has 2 aliphatic rings. The summed E-state index contributed by atoms with van der Waals surface area (Å²) in [5, 5.41) is 3.22. The van der Waals surface area contributed by atoms with Crippen LogP contribution in [0.4, 0.5) is 0 Å². The van der Waals surface area contributed by atoms with E-state index in [-0.39, 0.29) is 29.1 Å². The molecule has 0 spiro atoms. The van der Waals surface area contributed by atoms with Crippen LogP contribution in [-0.2, 0) is 9.59 Å². The summed E-state index contributed by atoms with van der Waals surface area (Å²) in [6.45, 7) is 5.02. The van der Waals surface area contributed by atoms with Crippen molar-refractivity contribution < 1.29 is 9.59 Å². The van der Waals surface area contributed by atoms with E-state index in [1.165, 1.54) is 0 Å². The quantitative estimate of drug-likeness (QED) is 0.701. The molecule has 0 unspecified atom stereocenters. The molecule has 2 rings (SSSR count). The summed E-state index contributed by atoms with van der Waals surface area (Å²) in [7, 11) is 0. The highest BCUT2D eigenvalue weighted by Gasteiger charge is 2.45. The molecule has 4 nitrogen and oxygen atoms in total. The lowest BCUT2D eigenvalue weighted by Gasteiger charge is -2.28. The Morgan fingerprint density at radius 3 is 2.57 bits per heavy atom. The number of thioether (sulfide) groups is 1. The molecule has 1 saturated heterocycles. The Hall–Kier alpha value is -0.710. The number of amides is 2. The minimum absolute atomic E-state index is 0.0474. The third kappa shape index (κ3) is 4.38. The standard InChI is InChI=1S/C16H28N2O2S/c1-3-5-6-10-17-15(19)13-11-21-14(7-4-2)18(13)16(20)12-8-9-12/h12-14H,3-11H2,1-2H3,(H,17,19)/t13-,14-/m1/s1. The van der Waals surface area contributed by atoms with Gasteiger partial charge in [-0.25, -0.2) is 0 Å². The molecule has 1 saturated carbocycles. The van der Waals surface area contributed by atoms with E-state index in [9.17, 15) is 9.59 Å². The van der Waals surface area contributed by atoms with Gasteiger partial charge in [-0.1, -0.05) is 33.1 Å². The molecule has 1 heterocycles. The highest BCUT2D eigenvalue weighted by atomic mass is 32.2. The second kappa shape index (κ2) is 8.06. The Morgan fingerprint density at radius 1 is 1.19 bits per heavy atom. The van der Waals surface area contributed by atoms with Gasteiger partial charge in [0.05, 0.1) is 5.37 Å². The number of rotatable bonds is 8. The first kappa shape index (κ1) is 16.7.